The fourth-order valence-electron chi connectivity index (χ4n) is 2.74. The Bertz CT molecular complexity index is 557. The van der Waals surface area contributed by atoms with Gasteiger partial charge in [-0.1, -0.05) is 49.5 Å². The number of thiocarbonyl (C=S) groups is 1. The zero-order valence-electron chi connectivity index (χ0n) is 11.6. The van der Waals surface area contributed by atoms with Crippen LogP contribution in [-0.4, -0.2) is 10.9 Å². The first-order chi connectivity index (χ1) is 9.95. The molecule has 1 aliphatic rings. The van der Waals surface area contributed by atoms with Gasteiger partial charge in [0.15, 0.2) is 0 Å². The van der Waals surface area contributed by atoms with E-state index in [1.807, 2.05) is 0 Å². The molecule has 0 atom stereocenters. The highest BCUT2D eigenvalue weighted by Crippen LogP contribution is 2.37. The fraction of sp³-hybridized carbons (Fsp3) is 0.467. The maximum atomic E-state index is 12.8. The molecule has 1 saturated carbocycles. The third-order valence-electron chi connectivity index (χ3n) is 4.04. The average molecular weight is 390 g/mol. The van der Waals surface area contributed by atoms with Crippen LogP contribution < -0.4 is 11.1 Å². The van der Waals surface area contributed by atoms with Gasteiger partial charge in [0.05, 0.1) is 15.4 Å². The van der Waals surface area contributed by atoms with Crippen LogP contribution in [0.1, 0.15) is 38.5 Å². The number of carbonyl (C=O) groups excluding carboxylic acids is 1. The zero-order valence-corrected chi connectivity index (χ0v) is 14.8. The Labute approximate surface area is 143 Å². The molecule has 21 heavy (non-hydrogen) atoms. The second-order valence-electron chi connectivity index (χ2n) is 5.44. The van der Waals surface area contributed by atoms with E-state index in [0.29, 0.717) is 15.7 Å². The number of amides is 1. The van der Waals surface area contributed by atoms with E-state index in [0.717, 1.165) is 43.0 Å². The summed E-state index contributed by atoms with van der Waals surface area (Å²) >= 11 is 14.5. The minimum absolute atomic E-state index is 0.105. The molecule has 2 rings (SSSR count). The molecule has 0 saturated heterocycles. The SMILES string of the molecule is NC(=S)C1(C(=O)Nc2ccc(Cl)c(Br)c2)CCCCCC1. The first-order valence-electron chi connectivity index (χ1n) is 7.02. The molecular weight excluding hydrogens is 372 g/mol. The Morgan fingerprint density at radius 1 is 1.29 bits per heavy atom. The van der Waals surface area contributed by atoms with Crippen LogP contribution >= 0.6 is 39.7 Å². The Hall–Kier alpha value is -0.650. The van der Waals surface area contributed by atoms with Gasteiger partial charge in [0, 0.05) is 10.2 Å². The average Bonchev–Trinajstić information content (AvgIpc) is 2.69. The summed E-state index contributed by atoms with van der Waals surface area (Å²) in [7, 11) is 0. The first-order valence-corrected chi connectivity index (χ1v) is 8.60. The van der Waals surface area contributed by atoms with Crippen molar-refractivity contribution in [1.29, 1.82) is 0 Å². The Balaban J connectivity index is 2.22. The molecule has 1 aromatic rings. The lowest BCUT2D eigenvalue weighted by atomic mass is 9.79. The van der Waals surface area contributed by atoms with Gasteiger partial charge in [0.1, 0.15) is 0 Å². The summed E-state index contributed by atoms with van der Waals surface area (Å²) in [5, 5.41) is 3.54. The van der Waals surface area contributed by atoms with E-state index in [1.54, 1.807) is 18.2 Å². The molecule has 1 fully saturated rings. The van der Waals surface area contributed by atoms with Crippen molar-refractivity contribution in [1.82, 2.24) is 0 Å². The Morgan fingerprint density at radius 3 is 2.43 bits per heavy atom. The maximum Gasteiger partial charge on any atom is 0.237 e. The molecule has 0 spiro atoms. The van der Waals surface area contributed by atoms with Crippen LogP contribution in [0, 0.1) is 5.41 Å². The number of nitrogens with one attached hydrogen (secondary N) is 1. The molecular formula is C15H18BrClN2OS. The predicted molar refractivity (Wildman–Crippen MR) is 94.7 cm³/mol. The molecule has 0 heterocycles. The third-order valence-corrected chi connectivity index (χ3v) is 5.65. The normalized spacial score (nSPS) is 17.8. The second kappa shape index (κ2) is 7.07. The van der Waals surface area contributed by atoms with Gasteiger partial charge in [-0.25, -0.2) is 0 Å². The van der Waals surface area contributed by atoms with Gasteiger partial charge in [-0.2, -0.15) is 0 Å². The Morgan fingerprint density at radius 2 is 1.90 bits per heavy atom. The van der Waals surface area contributed by atoms with Crippen LogP contribution in [0.3, 0.4) is 0 Å². The van der Waals surface area contributed by atoms with E-state index in [1.165, 1.54) is 0 Å². The van der Waals surface area contributed by atoms with E-state index in [9.17, 15) is 4.79 Å². The number of anilines is 1. The van der Waals surface area contributed by atoms with E-state index < -0.39 is 5.41 Å². The quantitative estimate of drug-likeness (QED) is 0.583. The first kappa shape index (κ1) is 16.7. The van der Waals surface area contributed by atoms with E-state index in [2.05, 4.69) is 21.2 Å². The van der Waals surface area contributed by atoms with Gasteiger partial charge in [0.25, 0.3) is 0 Å². The zero-order chi connectivity index (χ0) is 15.5. The highest BCUT2D eigenvalue weighted by molar-refractivity contribution is 9.10. The van der Waals surface area contributed by atoms with Crippen molar-refractivity contribution in [2.45, 2.75) is 38.5 Å². The lowest BCUT2D eigenvalue weighted by Gasteiger charge is -2.30. The van der Waals surface area contributed by atoms with Crippen molar-refractivity contribution in [3.05, 3.63) is 27.7 Å². The van der Waals surface area contributed by atoms with Gasteiger partial charge >= 0.3 is 0 Å². The van der Waals surface area contributed by atoms with Crippen LogP contribution in [0.5, 0.6) is 0 Å². The highest BCUT2D eigenvalue weighted by atomic mass is 79.9. The summed E-state index contributed by atoms with van der Waals surface area (Å²) < 4.78 is 0.743. The van der Waals surface area contributed by atoms with Crippen molar-refractivity contribution in [3.63, 3.8) is 0 Å². The second-order valence-corrected chi connectivity index (χ2v) is 7.14. The number of carbonyl (C=O) groups is 1. The van der Waals surface area contributed by atoms with Crippen molar-refractivity contribution >= 4 is 56.3 Å². The molecule has 1 amide bonds. The summed E-state index contributed by atoms with van der Waals surface area (Å²) in [6.07, 6.45) is 5.67. The fourth-order valence-corrected chi connectivity index (χ4v) is 3.54. The number of hydrogen-bond acceptors (Lipinski definition) is 2. The third kappa shape index (κ3) is 3.76. The van der Waals surface area contributed by atoms with Crippen LogP contribution in [0.4, 0.5) is 5.69 Å². The maximum absolute atomic E-state index is 12.8. The van der Waals surface area contributed by atoms with E-state index in [4.69, 9.17) is 29.6 Å². The molecule has 3 N–H and O–H groups in total. The van der Waals surface area contributed by atoms with Crippen molar-refractivity contribution in [3.8, 4) is 0 Å². The number of nitrogens with two attached hydrogens (primary N) is 1. The summed E-state index contributed by atoms with van der Waals surface area (Å²) in [5.74, 6) is -0.105. The summed E-state index contributed by atoms with van der Waals surface area (Å²) in [5.41, 5.74) is 5.89. The predicted octanol–water partition coefficient (Wildman–Crippen LogP) is 4.67. The highest BCUT2D eigenvalue weighted by Gasteiger charge is 2.41. The van der Waals surface area contributed by atoms with Crippen LogP contribution in [-0.2, 0) is 4.79 Å². The number of hydrogen-bond donors (Lipinski definition) is 2. The van der Waals surface area contributed by atoms with Crippen LogP contribution in [0.15, 0.2) is 22.7 Å². The minimum atomic E-state index is -0.724. The van der Waals surface area contributed by atoms with E-state index in [-0.39, 0.29) is 5.91 Å². The summed E-state index contributed by atoms with van der Waals surface area (Å²) in [6, 6.07) is 5.29. The minimum Gasteiger partial charge on any atom is -0.392 e. The van der Waals surface area contributed by atoms with Crippen molar-refractivity contribution in [2.24, 2.45) is 11.1 Å². The molecule has 0 aromatic heterocycles. The molecule has 0 bridgehead atoms. The standard InChI is InChI=1S/C15H18BrClN2OS/c16-11-9-10(5-6-12(11)17)19-14(20)15(13(18)21)7-3-1-2-4-8-15/h5-6,9H,1-4,7-8H2,(H2,18,21)(H,19,20). The molecule has 0 aliphatic heterocycles. The molecule has 0 radical (unpaired) electrons. The van der Waals surface area contributed by atoms with Gasteiger partial charge in [-0.05, 0) is 47.0 Å². The molecule has 1 aromatic carbocycles. The van der Waals surface area contributed by atoms with E-state index >= 15 is 0 Å². The number of benzene rings is 1. The number of rotatable bonds is 3. The monoisotopic (exact) mass is 388 g/mol. The van der Waals surface area contributed by atoms with Gasteiger partial charge < -0.3 is 11.1 Å². The topological polar surface area (TPSA) is 55.1 Å². The molecule has 114 valence electrons. The largest absolute Gasteiger partial charge is 0.392 e. The Kier molecular flexibility index (Phi) is 5.63. The van der Waals surface area contributed by atoms with Gasteiger partial charge in [0.2, 0.25) is 5.91 Å². The summed E-state index contributed by atoms with van der Waals surface area (Å²) in [4.78, 5) is 13.1. The van der Waals surface area contributed by atoms with Crippen molar-refractivity contribution < 1.29 is 4.79 Å². The molecule has 0 unspecified atom stereocenters. The van der Waals surface area contributed by atoms with Crippen LogP contribution in [0.25, 0.3) is 0 Å². The molecule has 3 nitrogen and oxygen atoms in total. The van der Waals surface area contributed by atoms with Crippen molar-refractivity contribution in [2.75, 3.05) is 5.32 Å². The molecule has 6 heteroatoms. The van der Waals surface area contributed by atoms with Crippen LogP contribution in [0.2, 0.25) is 5.02 Å². The lowest BCUT2D eigenvalue weighted by Crippen LogP contribution is -2.45. The lowest BCUT2D eigenvalue weighted by molar-refractivity contribution is -0.122. The summed E-state index contributed by atoms with van der Waals surface area (Å²) in [6.45, 7) is 0. The smallest absolute Gasteiger partial charge is 0.237 e. The van der Waals surface area contributed by atoms with Gasteiger partial charge in [-0.3, -0.25) is 4.79 Å². The number of halogens is 2. The van der Waals surface area contributed by atoms with Gasteiger partial charge in [-0.15, -0.1) is 0 Å². The molecule has 1 aliphatic carbocycles.